The molecule has 0 heterocycles. The van der Waals surface area contributed by atoms with E-state index in [1.54, 1.807) is 13.0 Å². The Hall–Kier alpha value is -1.57. The first-order valence-corrected chi connectivity index (χ1v) is 4.00. The van der Waals surface area contributed by atoms with Crippen LogP contribution in [0.5, 0.6) is 0 Å². The van der Waals surface area contributed by atoms with Crippen LogP contribution in [0.25, 0.3) is 0 Å². The average molecular weight is 184 g/mol. The second-order valence-electron chi connectivity index (χ2n) is 2.24. The molecule has 0 unspecified atom stereocenters. The minimum atomic E-state index is -0.394. The van der Waals surface area contributed by atoms with Gasteiger partial charge in [0.2, 0.25) is 5.91 Å². The number of carbonyl (C=O) groups is 2. The molecule has 0 saturated heterocycles. The zero-order chi connectivity index (χ0) is 10.1. The van der Waals surface area contributed by atoms with Gasteiger partial charge in [0.05, 0.1) is 19.1 Å². The van der Waals surface area contributed by atoms with E-state index in [4.69, 9.17) is 5.26 Å². The number of ether oxygens (including phenoxy) is 1. The van der Waals surface area contributed by atoms with Crippen LogP contribution in [0.2, 0.25) is 0 Å². The van der Waals surface area contributed by atoms with Crippen LogP contribution in [0, 0.1) is 11.3 Å². The van der Waals surface area contributed by atoms with Gasteiger partial charge in [0.25, 0.3) is 0 Å². The van der Waals surface area contributed by atoms with Gasteiger partial charge >= 0.3 is 5.97 Å². The number of hydrogen-bond donors (Lipinski definition) is 1. The molecule has 0 saturated carbocycles. The lowest BCUT2D eigenvalue weighted by Crippen LogP contribution is -2.24. The van der Waals surface area contributed by atoms with Gasteiger partial charge in [-0.15, -0.1) is 0 Å². The van der Waals surface area contributed by atoms with E-state index >= 15 is 0 Å². The van der Waals surface area contributed by atoms with Crippen molar-refractivity contribution in [2.45, 2.75) is 19.8 Å². The molecule has 0 aliphatic heterocycles. The number of esters is 1. The van der Waals surface area contributed by atoms with Crippen LogP contribution in [0.4, 0.5) is 0 Å². The summed E-state index contributed by atoms with van der Waals surface area (Å²) in [6.07, 6.45) is 0.131. The van der Waals surface area contributed by atoms with E-state index in [0.717, 1.165) is 0 Å². The van der Waals surface area contributed by atoms with Crippen molar-refractivity contribution in [2.75, 3.05) is 13.2 Å². The molecule has 0 aromatic rings. The number of nitrogens with one attached hydrogen (secondary N) is 1. The molecule has 5 heteroatoms. The third-order valence-electron chi connectivity index (χ3n) is 1.23. The standard InChI is InChI=1S/C8H12N2O3/c1-2-13-8(12)4-3-7(11)10-6-5-9/h2-4,6H2,1H3,(H,10,11). The average Bonchev–Trinajstić information content (AvgIpc) is 2.12. The van der Waals surface area contributed by atoms with E-state index in [1.165, 1.54) is 0 Å². The highest BCUT2D eigenvalue weighted by Gasteiger charge is 2.05. The van der Waals surface area contributed by atoms with Crippen LogP contribution in [0.3, 0.4) is 0 Å². The molecule has 0 aliphatic rings. The molecule has 0 spiro atoms. The van der Waals surface area contributed by atoms with E-state index in [9.17, 15) is 9.59 Å². The minimum Gasteiger partial charge on any atom is -0.466 e. The maximum Gasteiger partial charge on any atom is 0.306 e. The summed E-state index contributed by atoms with van der Waals surface area (Å²) in [7, 11) is 0. The zero-order valence-electron chi connectivity index (χ0n) is 7.50. The molecule has 13 heavy (non-hydrogen) atoms. The molecule has 0 rings (SSSR count). The summed E-state index contributed by atoms with van der Waals surface area (Å²) in [6, 6.07) is 1.76. The number of carbonyl (C=O) groups excluding carboxylic acids is 2. The lowest BCUT2D eigenvalue weighted by atomic mass is 10.3. The molecule has 5 nitrogen and oxygen atoms in total. The fraction of sp³-hybridized carbons (Fsp3) is 0.625. The van der Waals surface area contributed by atoms with Crippen LogP contribution < -0.4 is 5.32 Å². The van der Waals surface area contributed by atoms with Crippen molar-refractivity contribution in [3.63, 3.8) is 0 Å². The van der Waals surface area contributed by atoms with Gasteiger partial charge in [-0.1, -0.05) is 0 Å². The third-order valence-corrected chi connectivity index (χ3v) is 1.23. The van der Waals surface area contributed by atoms with Crippen LogP contribution in [0.1, 0.15) is 19.8 Å². The number of rotatable bonds is 5. The lowest BCUT2D eigenvalue weighted by Gasteiger charge is -2.01. The van der Waals surface area contributed by atoms with Crippen LogP contribution in [0.15, 0.2) is 0 Å². The Morgan fingerprint density at radius 3 is 2.69 bits per heavy atom. The van der Waals surface area contributed by atoms with Gasteiger partial charge < -0.3 is 10.1 Å². The van der Waals surface area contributed by atoms with Crippen molar-refractivity contribution >= 4 is 11.9 Å². The summed E-state index contributed by atoms with van der Waals surface area (Å²) in [4.78, 5) is 21.6. The first-order valence-electron chi connectivity index (χ1n) is 4.00. The molecule has 0 bridgehead atoms. The second kappa shape index (κ2) is 7.10. The van der Waals surface area contributed by atoms with Gasteiger partial charge in [0, 0.05) is 6.42 Å². The first-order chi connectivity index (χ1) is 6.20. The summed E-state index contributed by atoms with van der Waals surface area (Å²) in [5, 5.41) is 10.4. The first kappa shape index (κ1) is 11.4. The second-order valence-corrected chi connectivity index (χ2v) is 2.24. The SMILES string of the molecule is CCOC(=O)CCC(=O)NCC#N. The van der Waals surface area contributed by atoms with Gasteiger partial charge in [0.15, 0.2) is 0 Å². The highest BCUT2D eigenvalue weighted by atomic mass is 16.5. The summed E-state index contributed by atoms with van der Waals surface area (Å²) in [6.45, 7) is 1.99. The van der Waals surface area contributed by atoms with E-state index in [-0.39, 0.29) is 25.3 Å². The van der Waals surface area contributed by atoms with Crippen LogP contribution in [-0.2, 0) is 14.3 Å². The lowest BCUT2D eigenvalue weighted by molar-refractivity contribution is -0.144. The maximum absolute atomic E-state index is 10.8. The Kier molecular flexibility index (Phi) is 6.24. The number of nitrogens with zero attached hydrogens (tertiary/aromatic N) is 1. The van der Waals surface area contributed by atoms with E-state index in [2.05, 4.69) is 10.1 Å². The summed E-state index contributed by atoms with van der Waals surface area (Å²) < 4.78 is 4.61. The Labute approximate surface area is 76.7 Å². The molecule has 0 radical (unpaired) electrons. The van der Waals surface area contributed by atoms with Gasteiger partial charge in [-0.2, -0.15) is 5.26 Å². The maximum atomic E-state index is 10.8. The molecule has 72 valence electrons. The molecule has 1 amide bonds. The van der Waals surface area contributed by atoms with E-state index in [0.29, 0.717) is 6.61 Å². The summed E-state index contributed by atoms with van der Waals surface area (Å²) in [5.74, 6) is -0.704. The predicted octanol–water partition coefficient (Wildman–Crippen LogP) is -0.0305. The fourth-order valence-electron chi connectivity index (χ4n) is 0.675. The van der Waals surface area contributed by atoms with Crippen molar-refractivity contribution < 1.29 is 14.3 Å². The van der Waals surface area contributed by atoms with E-state index in [1.807, 2.05) is 0 Å². The van der Waals surface area contributed by atoms with Crippen molar-refractivity contribution in [1.82, 2.24) is 5.32 Å². The molecule has 0 aromatic heterocycles. The number of amides is 1. The number of nitriles is 1. The Morgan fingerprint density at radius 2 is 2.15 bits per heavy atom. The summed E-state index contributed by atoms with van der Waals surface area (Å²) in [5.41, 5.74) is 0. The fourth-order valence-corrected chi connectivity index (χ4v) is 0.675. The predicted molar refractivity (Wildman–Crippen MR) is 44.5 cm³/mol. The minimum absolute atomic E-state index is 0.0261. The van der Waals surface area contributed by atoms with Gasteiger partial charge in [-0.25, -0.2) is 0 Å². The molecular weight excluding hydrogens is 172 g/mol. The molecule has 0 aliphatic carbocycles. The van der Waals surface area contributed by atoms with Crippen LogP contribution >= 0.6 is 0 Å². The largest absolute Gasteiger partial charge is 0.466 e. The molecule has 0 aromatic carbocycles. The number of hydrogen-bond acceptors (Lipinski definition) is 4. The van der Waals surface area contributed by atoms with Gasteiger partial charge in [-0.3, -0.25) is 9.59 Å². The van der Waals surface area contributed by atoms with Gasteiger partial charge in [-0.05, 0) is 6.92 Å². The van der Waals surface area contributed by atoms with Gasteiger partial charge in [0.1, 0.15) is 6.54 Å². The normalized spacial score (nSPS) is 8.62. The Balaban J connectivity index is 3.47. The zero-order valence-corrected chi connectivity index (χ0v) is 7.50. The monoisotopic (exact) mass is 184 g/mol. The van der Waals surface area contributed by atoms with Crippen molar-refractivity contribution in [2.24, 2.45) is 0 Å². The quantitative estimate of drug-likeness (QED) is 0.480. The topological polar surface area (TPSA) is 79.2 Å². The highest BCUT2D eigenvalue weighted by molar-refractivity contribution is 5.81. The smallest absolute Gasteiger partial charge is 0.306 e. The molecule has 1 N–H and O–H groups in total. The van der Waals surface area contributed by atoms with Crippen molar-refractivity contribution in [1.29, 1.82) is 5.26 Å². The highest BCUT2D eigenvalue weighted by Crippen LogP contribution is 1.92. The van der Waals surface area contributed by atoms with Crippen LogP contribution in [-0.4, -0.2) is 25.0 Å². The molecule has 0 atom stereocenters. The third kappa shape index (κ3) is 6.81. The summed E-state index contributed by atoms with van der Waals surface area (Å²) >= 11 is 0. The molecule has 0 fully saturated rings. The Morgan fingerprint density at radius 1 is 1.46 bits per heavy atom. The van der Waals surface area contributed by atoms with Crippen molar-refractivity contribution in [3.05, 3.63) is 0 Å². The Bertz CT molecular complexity index is 220. The van der Waals surface area contributed by atoms with E-state index < -0.39 is 5.97 Å². The molecular formula is C8H12N2O3. The van der Waals surface area contributed by atoms with Crippen molar-refractivity contribution in [3.8, 4) is 6.07 Å².